The Balaban J connectivity index is 3.40. The maximum absolute atomic E-state index is 12.2. The Labute approximate surface area is 101 Å². The minimum Gasteiger partial charge on any atom is -0.465 e. The van der Waals surface area contributed by atoms with Crippen LogP contribution in [0.4, 0.5) is 8.78 Å². The summed E-state index contributed by atoms with van der Waals surface area (Å²) in [6.45, 7) is -3.83. The number of benzene rings is 1. The van der Waals surface area contributed by atoms with E-state index < -0.39 is 24.9 Å². The standard InChI is InChI=1S/C11H9F2NO4/c1-17-10(16)7-2-6(4-14)3-9(8(7)5-15)18-11(12)13/h2-3,11,15H,5H2,1H3. The Morgan fingerprint density at radius 1 is 1.56 bits per heavy atom. The lowest BCUT2D eigenvalue weighted by molar-refractivity contribution is -0.0510. The summed E-state index contributed by atoms with van der Waals surface area (Å²) in [4.78, 5) is 11.4. The second-order valence-corrected chi connectivity index (χ2v) is 3.14. The van der Waals surface area contributed by atoms with Gasteiger partial charge in [0.05, 0.1) is 30.9 Å². The number of carbonyl (C=O) groups excluding carboxylic acids is 1. The summed E-state index contributed by atoms with van der Waals surface area (Å²) in [6.07, 6.45) is 0. The Bertz CT molecular complexity index is 497. The third-order valence-electron chi connectivity index (χ3n) is 2.12. The van der Waals surface area contributed by atoms with Gasteiger partial charge in [0.1, 0.15) is 5.75 Å². The highest BCUT2D eigenvalue weighted by molar-refractivity contribution is 5.92. The first-order valence-electron chi connectivity index (χ1n) is 4.74. The molecule has 1 aromatic rings. The van der Waals surface area contributed by atoms with Crippen molar-refractivity contribution < 1.29 is 28.2 Å². The van der Waals surface area contributed by atoms with Crippen LogP contribution in [0.2, 0.25) is 0 Å². The molecule has 5 nitrogen and oxygen atoms in total. The van der Waals surface area contributed by atoms with Gasteiger partial charge in [-0.05, 0) is 12.1 Å². The lowest BCUT2D eigenvalue weighted by Gasteiger charge is -2.12. The van der Waals surface area contributed by atoms with Crippen LogP contribution >= 0.6 is 0 Å². The number of carbonyl (C=O) groups is 1. The summed E-state index contributed by atoms with van der Waals surface area (Å²) in [5.74, 6) is -1.28. The number of rotatable bonds is 4. The molecule has 0 radical (unpaired) electrons. The Morgan fingerprint density at radius 3 is 2.67 bits per heavy atom. The number of alkyl halides is 2. The molecule has 18 heavy (non-hydrogen) atoms. The average molecular weight is 257 g/mol. The molecular weight excluding hydrogens is 248 g/mol. The molecule has 7 heteroatoms. The van der Waals surface area contributed by atoms with E-state index in [1.54, 1.807) is 6.07 Å². The first kappa shape index (κ1) is 13.9. The van der Waals surface area contributed by atoms with Crippen LogP contribution in [0.25, 0.3) is 0 Å². The SMILES string of the molecule is COC(=O)c1cc(C#N)cc(OC(F)F)c1CO. The number of hydrogen-bond donors (Lipinski definition) is 1. The van der Waals surface area contributed by atoms with E-state index in [2.05, 4.69) is 9.47 Å². The van der Waals surface area contributed by atoms with Crippen molar-refractivity contribution in [2.45, 2.75) is 13.2 Å². The second kappa shape index (κ2) is 5.93. The molecule has 0 aliphatic heterocycles. The Kier molecular flexibility index (Phi) is 4.57. The number of aliphatic hydroxyl groups excluding tert-OH is 1. The van der Waals surface area contributed by atoms with Gasteiger partial charge in [-0.25, -0.2) is 4.79 Å². The van der Waals surface area contributed by atoms with Crippen molar-refractivity contribution in [1.82, 2.24) is 0 Å². The lowest BCUT2D eigenvalue weighted by atomic mass is 10.0. The summed E-state index contributed by atoms with van der Waals surface area (Å²) < 4.78 is 33.0. The van der Waals surface area contributed by atoms with Gasteiger partial charge in [-0.15, -0.1) is 0 Å². The molecule has 0 heterocycles. The largest absolute Gasteiger partial charge is 0.465 e. The lowest BCUT2D eigenvalue weighted by Crippen LogP contribution is -2.11. The molecule has 0 aromatic heterocycles. The van der Waals surface area contributed by atoms with Gasteiger partial charge in [-0.2, -0.15) is 14.0 Å². The zero-order chi connectivity index (χ0) is 13.7. The minimum atomic E-state index is -3.13. The summed E-state index contributed by atoms with van der Waals surface area (Å²) in [7, 11) is 1.09. The van der Waals surface area contributed by atoms with Crippen LogP contribution in [-0.4, -0.2) is 24.8 Å². The number of ether oxygens (including phenoxy) is 2. The first-order chi connectivity index (χ1) is 8.53. The van der Waals surface area contributed by atoms with E-state index >= 15 is 0 Å². The third kappa shape index (κ3) is 2.93. The molecule has 0 unspecified atom stereocenters. The number of halogens is 2. The molecular formula is C11H9F2NO4. The number of aliphatic hydroxyl groups is 1. The van der Waals surface area contributed by atoms with Crippen LogP contribution in [0.3, 0.4) is 0 Å². The predicted molar refractivity (Wildman–Crippen MR) is 55.1 cm³/mol. The highest BCUT2D eigenvalue weighted by Gasteiger charge is 2.19. The Morgan fingerprint density at radius 2 is 2.22 bits per heavy atom. The summed E-state index contributed by atoms with van der Waals surface area (Å²) >= 11 is 0. The summed E-state index contributed by atoms with van der Waals surface area (Å²) in [5.41, 5.74) is -0.390. The molecule has 96 valence electrons. The first-order valence-corrected chi connectivity index (χ1v) is 4.74. The molecule has 0 amide bonds. The average Bonchev–Trinajstić information content (AvgIpc) is 2.36. The Hall–Kier alpha value is -2.20. The molecule has 0 atom stereocenters. The molecule has 0 aliphatic carbocycles. The molecule has 1 aromatic carbocycles. The van der Waals surface area contributed by atoms with E-state index in [-0.39, 0.29) is 16.7 Å². The quantitative estimate of drug-likeness (QED) is 0.825. The number of nitriles is 1. The van der Waals surface area contributed by atoms with Crippen molar-refractivity contribution in [2.75, 3.05) is 7.11 Å². The van der Waals surface area contributed by atoms with Crippen molar-refractivity contribution >= 4 is 5.97 Å². The van der Waals surface area contributed by atoms with E-state index in [0.717, 1.165) is 19.2 Å². The van der Waals surface area contributed by atoms with E-state index in [1.807, 2.05) is 0 Å². The topological polar surface area (TPSA) is 79.6 Å². The van der Waals surface area contributed by atoms with E-state index in [1.165, 1.54) is 0 Å². The van der Waals surface area contributed by atoms with E-state index in [4.69, 9.17) is 10.4 Å². The maximum Gasteiger partial charge on any atom is 0.387 e. The molecule has 1 N–H and O–H groups in total. The van der Waals surface area contributed by atoms with Crippen molar-refractivity contribution in [1.29, 1.82) is 5.26 Å². The molecule has 0 spiro atoms. The highest BCUT2D eigenvalue weighted by Crippen LogP contribution is 2.27. The molecule has 0 aliphatic rings. The van der Waals surface area contributed by atoms with Crippen LogP contribution in [-0.2, 0) is 11.3 Å². The van der Waals surface area contributed by atoms with Gasteiger partial charge in [0.25, 0.3) is 0 Å². The fourth-order valence-corrected chi connectivity index (χ4v) is 1.37. The second-order valence-electron chi connectivity index (χ2n) is 3.14. The van der Waals surface area contributed by atoms with Crippen LogP contribution in [0.1, 0.15) is 21.5 Å². The van der Waals surface area contributed by atoms with E-state index in [0.29, 0.717) is 0 Å². The van der Waals surface area contributed by atoms with Crippen molar-refractivity contribution in [3.8, 4) is 11.8 Å². The van der Waals surface area contributed by atoms with Crippen molar-refractivity contribution in [3.63, 3.8) is 0 Å². The molecule has 0 fully saturated rings. The third-order valence-corrected chi connectivity index (χ3v) is 2.12. The predicted octanol–water partition coefficient (Wildman–Crippen LogP) is 1.44. The van der Waals surface area contributed by atoms with E-state index in [9.17, 15) is 13.6 Å². The molecule has 0 bridgehead atoms. The molecule has 0 saturated heterocycles. The van der Waals surface area contributed by atoms with Crippen LogP contribution in [0.15, 0.2) is 12.1 Å². The van der Waals surface area contributed by atoms with Crippen LogP contribution < -0.4 is 4.74 Å². The van der Waals surface area contributed by atoms with Gasteiger partial charge in [-0.1, -0.05) is 0 Å². The maximum atomic E-state index is 12.2. The van der Waals surface area contributed by atoms with Crippen LogP contribution in [0.5, 0.6) is 5.75 Å². The fraction of sp³-hybridized carbons (Fsp3) is 0.273. The monoisotopic (exact) mass is 257 g/mol. The minimum absolute atomic E-state index is 0.0525. The normalized spacial score (nSPS) is 10.0. The number of methoxy groups -OCH3 is 1. The smallest absolute Gasteiger partial charge is 0.387 e. The van der Waals surface area contributed by atoms with Crippen molar-refractivity contribution in [2.24, 2.45) is 0 Å². The van der Waals surface area contributed by atoms with Gasteiger partial charge >= 0.3 is 12.6 Å². The van der Waals surface area contributed by atoms with Gasteiger partial charge in [0, 0.05) is 5.56 Å². The number of nitrogens with zero attached hydrogens (tertiary/aromatic N) is 1. The number of hydrogen-bond acceptors (Lipinski definition) is 5. The summed E-state index contributed by atoms with van der Waals surface area (Å²) in [5, 5.41) is 17.8. The van der Waals surface area contributed by atoms with Gasteiger partial charge in [0.2, 0.25) is 0 Å². The molecule has 0 saturated carbocycles. The van der Waals surface area contributed by atoms with Gasteiger partial charge in [-0.3, -0.25) is 0 Å². The van der Waals surface area contributed by atoms with Gasteiger partial charge < -0.3 is 14.6 Å². The zero-order valence-electron chi connectivity index (χ0n) is 9.31. The van der Waals surface area contributed by atoms with Crippen LogP contribution in [0, 0.1) is 11.3 Å². The van der Waals surface area contributed by atoms with Crippen molar-refractivity contribution in [3.05, 3.63) is 28.8 Å². The number of esters is 1. The highest BCUT2D eigenvalue weighted by atomic mass is 19.3. The molecule has 1 rings (SSSR count). The van der Waals surface area contributed by atoms with Gasteiger partial charge in [0.15, 0.2) is 0 Å². The zero-order valence-corrected chi connectivity index (χ0v) is 9.31. The summed E-state index contributed by atoms with van der Waals surface area (Å²) in [6, 6.07) is 3.85. The fourth-order valence-electron chi connectivity index (χ4n) is 1.37.